The first-order chi connectivity index (χ1) is 11.2. The molecule has 1 aliphatic carbocycles. The molecule has 2 rings (SSSR count). The van der Waals surface area contributed by atoms with Crippen LogP contribution in [0.25, 0.3) is 0 Å². The van der Waals surface area contributed by atoms with Crippen molar-refractivity contribution in [2.24, 2.45) is 22.7 Å². The van der Waals surface area contributed by atoms with Crippen LogP contribution in [0.1, 0.15) is 32.1 Å². The molecule has 9 heteroatoms. The van der Waals surface area contributed by atoms with Gasteiger partial charge in [0.1, 0.15) is 0 Å². The van der Waals surface area contributed by atoms with E-state index in [1.807, 2.05) is 0 Å². The van der Waals surface area contributed by atoms with Gasteiger partial charge in [-0.05, 0) is 37.5 Å². The molecule has 0 spiro atoms. The molecule has 2 aliphatic rings. The Morgan fingerprint density at radius 2 is 1.79 bits per heavy atom. The maximum atomic E-state index is 12.8. The van der Waals surface area contributed by atoms with Crippen LogP contribution in [0.4, 0.5) is 13.2 Å². The Kier molecular flexibility index (Phi) is 6.39. The van der Waals surface area contributed by atoms with Gasteiger partial charge in [0.2, 0.25) is 0 Å². The summed E-state index contributed by atoms with van der Waals surface area (Å²) in [7, 11) is -1.31. The van der Waals surface area contributed by atoms with E-state index >= 15 is 0 Å². The summed E-state index contributed by atoms with van der Waals surface area (Å²) in [6.45, 7) is 0.962. The standard InChI is InChI=1S/C15H26F3N3O2S/c1-19-14(21-9-12-5-6-24(22,23)10-12)20-8-11-3-2-4-13(7-11)15(16,17)18/h11-13H,2-10H2,1H3,(H2,19,20,21). The third-order valence-corrected chi connectivity index (χ3v) is 6.75. The quantitative estimate of drug-likeness (QED) is 0.587. The molecule has 24 heavy (non-hydrogen) atoms. The number of sulfone groups is 1. The lowest BCUT2D eigenvalue weighted by Gasteiger charge is -2.31. The molecule has 1 aliphatic heterocycles. The van der Waals surface area contributed by atoms with E-state index in [0.717, 1.165) is 6.42 Å². The van der Waals surface area contributed by atoms with Crippen molar-refractivity contribution in [1.82, 2.24) is 10.6 Å². The normalized spacial score (nSPS) is 31.0. The number of alkyl halides is 3. The fraction of sp³-hybridized carbons (Fsp3) is 0.933. The Balaban J connectivity index is 1.73. The van der Waals surface area contributed by atoms with Crippen LogP contribution in [-0.4, -0.2) is 52.2 Å². The number of hydrogen-bond donors (Lipinski definition) is 2. The number of halogens is 3. The lowest BCUT2D eigenvalue weighted by molar-refractivity contribution is -0.185. The van der Waals surface area contributed by atoms with Gasteiger partial charge in [0.05, 0.1) is 17.4 Å². The average molecular weight is 369 g/mol. The minimum absolute atomic E-state index is 0.0178. The first-order valence-corrected chi connectivity index (χ1v) is 10.2. The molecule has 140 valence electrons. The van der Waals surface area contributed by atoms with E-state index in [9.17, 15) is 21.6 Å². The fourth-order valence-corrected chi connectivity index (χ4v) is 5.37. The Morgan fingerprint density at radius 1 is 1.12 bits per heavy atom. The van der Waals surface area contributed by atoms with Gasteiger partial charge < -0.3 is 10.6 Å². The third-order valence-electron chi connectivity index (χ3n) is 4.91. The highest BCUT2D eigenvalue weighted by Crippen LogP contribution is 2.39. The van der Waals surface area contributed by atoms with Crippen molar-refractivity contribution in [3.05, 3.63) is 0 Å². The van der Waals surface area contributed by atoms with E-state index in [-0.39, 0.29) is 36.2 Å². The molecular weight excluding hydrogens is 343 g/mol. The summed E-state index contributed by atoms with van der Waals surface area (Å²) in [6.07, 6.45) is -1.69. The minimum Gasteiger partial charge on any atom is -0.356 e. The number of aliphatic imine (C=N–C) groups is 1. The zero-order valence-corrected chi connectivity index (χ0v) is 14.7. The Labute approximate surface area is 141 Å². The smallest absolute Gasteiger partial charge is 0.356 e. The molecule has 0 radical (unpaired) electrons. The van der Waals surface area contributed by atoms with Gasteiger partial charge in [0.25, 0.3) is 0 Å². The molecule has 2 N–H and O–H groups in total. The van der Waals surface area contributed by atoms with Gasteiger partial charge in [-0.3, -0.25) is 4.99 Å². The predicted octanol–water partition coefficient (Wildman–Crippen LogP) is 1.95. The summed E-state index contributed by atoms with van der Waals surface area (Å²) in [6, 6.07) is 0. The maximum absolute atomic E-state index is 12.8. The highest BCUT2D eigenvalue weighted by molar-refractivity contribution is 7.91. The van der Waals surface area contributed by atoms with E-state index in [0.29, 0.717) is 31.9 Å². The van der Waals surface area contributed by atoms with E-state index in [1.54, 1.807) is 7.05 Å². The van der Waals surface area contributed by atoms with Crippen LogP contribution in [0.15, 0.2) is 4.99 Å². The van der Waals surface area contributed by atoms with Crippen molar-refractivity contribution in [2.45, 2.75) is 38.3 Å². The molecule has 2 fully saturated rings. The van der Waals surface area contributed by atoms with E-state index < -0.39 is 21.9 Å². The second-order valence-corrected chi connectivity index (χ2v) is 9.10. The number of nitrogens with zero attached hydrogens (tertiary/aromatic N) is 1. The van der Waals surface area contributed by atoms with Gasteiger partial charge in [-0.25, -0.2) is 8.42 Å². The molecular formula is C15H26F3N3O2S. The van der Waals surface area contributed by atoms with Crippen molar-refractivity contribution < 1.29 is 21.6 Å². The highest BCUT2D eigenvalue weighted by Gasteiger charge is 2.42. The topological polar surface area (TPSA) is 70.6 Å². The van der Waals surface area contributed by atoms with Crippen LogP contribution < -0.4 is 10.6 Å². The summed E-state index contributed by atoms with van der Waals surface area (Å²) >= 11 is 0. The van der Waals surface area contributed by atoms with Gasteiger partial charge in [-0.15, -0.1) is 0 Å². The number of rotatable bonds is 4. The molecule has 0 bridgehead atoms. The van der Waals surface area contributed by atoms with Crippen LogP contribution in [0.5, 0.6) is 0 Å². The Bertz CT molecular complexity index is 549. The van der Waals surface area contributed by atoms with Crippen LogP contribution in [-0.2, 0) is 9.84 Å². The summed E-state index contributed by atoms with van der Waals surface area (Å²) in [4.78, 5) is 4.06. The van der Waals surface area contributed by atoms with Crippen LogP contribution in [0.3, 0.4) is 0 Å². The first kappa shape index (κ1) is 19.3. The number of hydrogen-bond acceptors (Lipinski definition) is 3. The maximum Gasteiger partial charge on any atom is 0.391 e. The van der Waals surface area contributed by atoms with Gasteiger partial charge in [0.15, 0.2) is 15.8 Å². The highest BCUT2D eigenvalue weighted by atomic mass is 32.2. The SMILES string of the molecule is CN=C(NCC1CCCC(C(F)(F)F)C1)NCC1CCS(=O)(=O)C1. The summed E-state index contributed by atoms with van der Waals surface area (Å²) in [5, 5.41) is 6.16. The van der Waals surface area contributed by atoms with Crippen molar-refractivity contribution in [3.63, 3.8) is 0 Å². The summed E-state index contributed by atoms with van der Waals surface area (Å²) in [5.74, 6) is -0.210. The van der Waals surface area contributed by atoms with Crippen molar-refractivity contribution in [2.75, 3.05) is 31.6 Å². The average Bonchev–Trinajstić information content (AvgIpc) is 2.86. The minimum atomic E-state index is -4.10. The van der Waals surface area contributed by atoms with Gasteiger partial charge in [0, 0.05) is 20.1 Å². The van der Waals surface area contributed by atoms with Crippen LogP contribution >= 0.6 is 0 Å². The second kappa shape index (κ2) is 7.93. The van der Waals surface area contributed by atoms with Crippen molar-refractivity contribution >= 4 is 15.8 Å². The molecule has 1 heterocycles. The van der Waals surface area contributed by atoms with Crippen LogP contribution in [0.2, 0.25) is 0 Å². The molecule has 0 aromatic heterocycles. The van der Waals surface area contributed by atoms with Crippen molar-refractivity contribution in [1.29, 1.82) is 0 Å². The summed E-state index contributed by atoms with van der Waals surface area (Å²) in [5.41, 5.74) is 0. The number of guanidine groups is 1. The molecule has 0 aromatic rings. The Hall–Kier alpha value is -0.990. The molecule has 1 saturated heterocycles. The molecule has 5 nitrogen and oxygen atoms in total. The lowest BCUT2D eigenvalue weighted by atomic mass is 9.81. The molecule has 0 aromatic carbocycles. The number of nitrogens with one attached hydrogen (secondary N) is 2. The van der Waals surface area contributed by atoms with Gasteiger partial charge in [-0.1, -0.05) is 6.42 Å². The lowest BCUT2D eigenvalue weighted by Crippen LogP contribution is -2.43. The van der Waals surface area contributed by atoms with E-state index in [1.165, 1.54) is 0 Å². The van der Waals surface area contributed by atoms with E-state index in [2.05, 4.69) is 15.6 Å². The van der Waals surface area contributed by atoms with Crippen molar-refractivity contribution in [3.8, 4) is 0 Å². The van der Waals surface area contributed by atoms with Gasteiger partial charge >= 0.3 is 6.18 Å². The third kappa shape index (κ3) is 5.82. The monoisotopic (exact) mass is 369 g/mol. The predicted molar refractivity (Wildman–Crippen MR) is 87.6 cm³/mol. The zero-order chi connectivity index (χ0) is 17.8. The van der Waals surface area contributed by atoms with Crippen LogP contribution in [0, 0.1) is 17.8 Å². The molecule has 3 atom stereocenters. The fourth-order valence-electron chi connectivity index (χ4n) is 3.51. The zero-order valence-electron chi connectivity index (χ0n) is 13.9. The second-order valence-electron chi connectivity index (χ2n) is 6.87. The Morgan fingerprint density at radius 3 is 2.33 bits per heavy atom. The molecule has 1 saturated carbocycles. The van der Waals surface area contributed by atoms with E-state index in [4.69, 9.17) is 0 Å². The van der Waals surface area contributed by atoms with Gasteiger partial charge in [-0.2, -0.15) is 13.2 Å². The summed E-state index contributed by atoms with van der Waals surface area (Å²) < 4.78 is 61.4. The molecule has 3 unspecified atom stereocenters. The first-order valence-electron chi connectivity index (χ1n) is 8.41. The largest absolute Gasteiger partial charge is 0.391 e. The molecule has 0 amide bonds.